The van der Waals surface area contributed by atoms with Crippen LogP contribution in [0.15, 0.2) is 23.1 Å². The van der Waals surface area contributed by atoms with Crippen LogP contribution in [0.5, 0.6) is 0 Å². The maximum atomic E-state index is 12.1. The smallest absolute Gasteiger partial charge is 0.0542 e. The van der Waals surface area contributed by atoms with Gasteiger partial charge in [-0.15, -0.1) is 0 Å². The fourth-order valence-electron chi connectivity index (χ4n) is 2.27. The first kappa shape index (κ1) is 12.8. The van der Waals surface area contributed by atoms with Crippen LogP contribution in [-0.4, -0.2) is 23.1 Å². The first-order chi connectivity index (χ1) is 8.31. The lowest BCUT2D eigenvalue weighted by Gasteiger charge is -2.06. The average molecular weight is 251 g/mol. The summed E-state index contributed by atoms with van der Waals surface area (Å²) in [5.41, 5.74) is 2.87. The lowest BCUT2D eigenvalue weighted by Crippen LogP contribution is -2.21. The Balaban J connectivity index is 1.91. The molecule has 0 amide bonds. The summed E-state index contributed by atoms with van der Waals surface area (Å²) in [5, 5.41) is 3.29. The zero-order chi connectivity index (χ0) is 12.1. The first-order valence-electron chi connectivity index (χ1n) is 6.52. The Hall–Kier alpha value is -0.670. The van der Waals surface area contributed by atoms with Crippen molar-refractivity contribution in [1.29, 1.82) is 0 Å². The minimum atomic E-state index is -0.842. The molecule has 0 saturated carbocycles. The van der Waals surface area contributed by atoms with E-state index in [-0.39, 0.29) is 0 Å². The zero-order valence-electron chi connectivity index (χ0n) is 10.5. The van der Waals surface area contributed by atoms with Crippen LogP contribution in [0, 0.1) is 0 Å². The second-order valence-electron chi connectivity index (χ2n) is 4.58. The van der Waals surface area contributed by atoms with Crippen molar-refractivity contribution in [3.05, 3.63) is 29.3 Å². The van der Waals surface area contributed by atoms with Crippen molar-refractivity contribution in [3.8, 4) is 0 Å². The van der Waals surface area contributed by atoms with E-state index in [0.717, 1.165) is 36.6 Å². The Kier molecular flexibility index (Phi) is 4.75. The molecule has 1 unspecified atom stereocenters. The molecule has 3 heteroatoms. The van der Waals surface area contributed by atoms with Gasteiger partial charge in [0.1, 0.15) is 0 Å². The quantitative estimate of drug-likeness (QED) is 0.786. The molecule has 1 aromatic rings. The molecule has 1 aliphatic carbocycles. The maximum Gasteiger partial charge on any atom is 0.0542 e. The molecule has 2 rings (SSSR count). The highest BCUT2D eigenvalue weighted by atomic mass is 32.2. The van der Waals surface area contributed by atoms with Crippen molar-refractivity contribution < 1.29 is 4.21 Å². The van der Waals surface area contributed by atoms with Gasteiger partial charge in [0.25, 0.3) is 0 Å². The lowest BCUT2D eigenvalue weighted by atomic mass is 10.1. The largest absolute Gasteiger partial charge is 0.316 e. The van der Waals surface area contributed by atoms with Crippen LogP contribution in [0.4, 0.5) is 0 Å². The molecule has 0 bridgehead atoms. The van der Waals surface area contributed by atoms with Crippen molar-refractivity contribution in [3.63, 3.8) is 0 Å². The van der Waals surface area contributed by atoms with Gasteiger partial charge in [0.15, 0.2) is 0 Å². The number of fused-ring (bicyclic) bond motifs is 1. The van der Waals surface area contributed by atoms with Crippen LogP contribution < -0.4 is 5.32 Å². The van der Waals surface area contributed by atoms with Crippen LogP contribution in [0.1, 0.15) is 30.9 Å². The molecule has 0 fully saturated rings. The van der Waals surface area contributed by atoms with Crippen molar-refractivity contribution in [2.45, 2.75) is 37.5 Å². The van der Waals surface area contributed by atoms with Gasteiger partial charge in [-0.05, 0) is 55.5 Å². The summed E-state index contributed by atoms with van der Waals surface area (Å²) in [6.45, 7) is 4.00. The van der Waals surface area contributed by atoms with Crippen LogP contribution in [0.3, 0.4) is 0 Å². The van der Waals surface area contributed by atoms with E-state index in [2.05, 4.69) is 24.4 Å². The number of rotatable bonds is 6. The highest BCUT2D eigenvalue weighted by Gasteiger charge is 2.12. The van der Waals surface area contributed by atoms with Crippen molar-refractivity contribution in [2.24, 2.45) is 0 Å². The van der Waals surface area contributed by atoms with Gasteiger partial charge in [0.05, 0.1) is 10.8 Å². The van der Waals surface area contributed by atoms with Crippen molar-refractivity contribution in [1.82, 2.24) is 5.32 Å². The molecule has 0 spiro atoms. The standard InChI is InChI=1S/C14H21NOS/c1-2-8-15-9-10-17(16)14-7-6-12-4-3-5-13(12)11-14/h6-7,11,15H,2-5,8-10H2,1H3. The third-order valence-electron chi connectivity index (χ3n) is 3.22. The third kappa shape index (κ3) is 3.39. The van der Waals surface area contributed by atoms with E-state index in [1.165, 1.54) is 24.0 Å². The Morgan fingerprint density at radius 3 is 2.88 bits per heavy atom. The van der Waals surface area contributed by atoms with Crippen LogP contribution >= 0.6 is 0 Å². The van der Waals surface area contributed by atoms with Gasteiger partial charge in [-0.1, -0.05) is 13.0 Å². The Morgan fingerprint density at radius 1 is 1.24 bits per heavy atom. The molecule has 0 heterocycles. The van der Waals surface area contributed by atoms with Crippen LogP contribution in [0.2, 0.25) is 0 Å². The monoisotopic (exact) mass is 251 g/mol. The summed E-state index contributed by atoms with van der Waals surface area (Å²) in [6, 6.07) is 6.35. The van der Waals surface area contributed by atoms with E-state index in [0.29, 0.717) is 0 Å². The molecule has 1 aliphatic rings. The van der Waals surface area contributed by atoms with E-state index in [9.17, 15) is 4.21 Å². The number of benzene rings is 1. The SMILES string of the molecule is CCCNCCS(=O)c1ccc2c(c1)CCC2. The predicted molar refractivity (Wildman–Crippen MR) is 72.9 cm³/mol. The molecule has 1 atom stereocenters. The third-order valence-corrected chi connectivity index (χ3v) is 4.58. The summed E-state index contributed by atoms with van der Waals surface area (Å²) in [6.07, 6.45) is 4.74. The summed E-state index contributed by atoms with van der Waals surface area (Å²) in [7, 11) is -0.842. The minimum absolute atomic E-state index is 0.721. The molecule has 0 radical (unpaired) electrons. The summed E-state index contributed by atoms with van der Waals surface area (Å²) in [5.74, 6) is 0.721. The molecular formula is C14H21NOS. The van der Waals surface area contributed by atoms with E-state index in [4.69, 9.17) is 0 Å². The number of hydrogen-bond acceptors (Lipinski definition) is 2. The minimum Gasteiger partial charge on any atom is -0.316 e. The van der Waals surface area contributed by atoms with Gasteiger partial charge in [-0.3, -0.25) is 4.21 Å². The van der Waals surface area contributed by atoms with Crippen LogP contribution in [0.25, 0.3) is 0 Å². The molecular weight excluding hydrogens is 230 g/mol. The number of hydrogen-bond donors (Lipinski definition) is 1. The average Bonchev–Trinajstić information content (AvgIpc) is 2.81. The Morgan fingerprint density at radius 2 is 2.06 bits per heavy atom. The lowest BCUT2D eigenvalue weighted by molar-refractivity contribution is 0.669. The topological polar surface area (TPSA) is 29.1 Å². The molecule has 0 saturated heterocycles. The zero-order valence-corrected chi connectivity index (χ0v) is 11.3. The number of nitrogens with one attached hydrogen (secondary N) is 1. The van der Waals surface area contributed by atoms with Gasteiger partial charge < -0.3 is 5.32 Å². The molecule has 94 valence electrons. The molecule has 0 aromatic heterocycles. The van der Waals surface area contributed by atoms with E-state index in [1.807, 2.05) is 6.07 Å². The highest BCUT2D eigenvalue weighted by molar-refractivity contribution is 7.85. The Labute approximate surface area is 106 Å². The predicted octanol–water partition coefficient (Wildman–Crippen LogP) is 2.28. The van der Waals surface area contributed by atoms with Gasteiger partial charge in [-0.25, -0.2) is 0 Å². The van der Waals surface area contributed by atoms with Gasteiger partial charge in [0.2, 0.25) is 0 Å². The normalized spacial score (nSPS) is 15.8. The fraction of sp³-hybridized carbons (Fsp3) is 0.571. The van der Waals surface area contributed by atoms with Gasteiger partial charge in [-0.2, -0.15) is 0 Å². The van der Waals surface area contributed by atoms with E-state index >= 15 is 0 Å². The summed E-state index contributed by atoms with van der Waals surface area (Å²) in [4.78, 5) is 1.00. The van der Waals surface area contributed by atoms with Crippen molar-refractivity contribution in [2.75, 3.05) is 18.8 Å². The fourth-order valence-corrected chi connectivity index (χ4v) is 3.33. The van der Waals surface area contributed by atoms with Crippen molar-refractivity contribution >= 4 is 10.8 Å². The maximum absolute atomic E-state index is 12.1. The van der Waals surface area contributed by atoms with Gasteiger partial charge >= 0.3 is 0 Å². The molecule has 1 N–H and O–H groups in total. The van der Waals surface area contributed by atoms with Gasteiger partial charge in [0, 0.05) is 17.2 Å². The Bertz CT molecular complexity index is 403. The first-order valence-corrected chi connectivity index (χ1v) is 7.84. The molecule has 1 aromatic carbocycles. The molecule has 17 heavy (non-hydrogen) atoms. The highest BCUT2D eigenvalue weighted by Crippen LogP contribution is 2.24. The van der Waals surface area contributed by atoms with E-state index in [1.54, 1.807) is 0 Å². The number of aryl methyl sites for hydroxylation is 2. The second-order valence-corrected chi connectivity index (χ2v) is 6.15. The summed E-state index contributed by atoms with van der Waals surface area (Å²) >= 11 is 0. The molecule has 0 aliphatic heterocycles. The summed E-state index contributed by atoms with van der Waals surface area (Å²) < 4.78 is 12.1. The second kappa shape index (κ2) is 6.31. The molecule has 2 nitrogen and oxygen atoms in total. The van der Waals surface area contributed by atoms with Crippen LogP contribution in [-0.2, 0) is 23.6 Å². The van der Waals surface area contributed by atoms with E-state index < -0.39 is 10.8 Å².